The quantitative estimate of drug-likeness (QED) is 0.914. The van der Waals surface area contributed by atoms with Gasteiger partial charge in [0.05, 0.1) is 0 Å². The highest BCUT2D eigenvalue weighted by atomic mass is 16.4. The van der Waals surface area contributed by atoms with Crippen molar-refractivity contribution < 1.29 is 15.0 Å². The number of aliphatic carboxylic acids is 1. The molecule has 1 aliphatic heterocycles. The van der Waals surface area contributed by atoms with Gasteiger partial charge in [-0.15, -0.1) is 0 Å². The Balaban J connectivity index is 0.000000383. The summed E-state index contributed by atoms with van der Waals surface area (Å²) in [5.74, 6) is -0.995. The number of carboxylic acid groups (broad SMARTS) is 1. The van der Waals surface area contributed by atoms with E-state index in [2.05, 4.69) is 18.7 Å². The number of likely N-dealkylation sites (tertiary alicyclic amines) is 1. The van der Waals surface area contributed by atoms with Gasteiger partial charge in [-0.2, -0.15) is 0 Å². The van der Waals surface area contributed by atoms with Crippen molar-refractivity contribution in [3.63, 3.8) is 0 Å². The molecule has 118 valence electrons. The van der Waals surface area contributed by atoms with E-state index in [-0.39, 0.29) is 12.5 Å². The fourth-order valence-corrected chi connectivity index (χ4v) is 2.72. The predicted molar refractivity (Wildman–Crippen MR) is 81.6 cm³/mol. The number of carbonyl (C=O) groups is 1. The van der Waals surface area contributed by atoms with Crippen LogP contribution in [0.3, 0.4) is 0 Å². The lowest BCUT2D eigenvalue weighted by Gasteiger charge is -2.31. The van der Waals surface area contributed by atoms with Gasteiger partial charge in [-0.05, 0) is 38.3 Å². The second-order valence-corrected chi connectivity index (χ2v) is 5.48. The molecule has 21 heavy (non-hydrogen) atoms. The molecule has 0 saturated carbocycles. The van der Waals surface area contributed by atoms with Gasteiger partial charge in [-0.3, -0.25) is 4.90 Å². The Kier molecular flexibility index (Phi) is 6.85. The van der Waals surface area contributed by atoms with Gasteiger partial charge in [0.1, 0.15) is 5.60 Å². The Bertz CT molecular complexity index is 435. The second-order valence-electron chi connectivity index (χ2n) is 5.48. The maximum atomic E-state index is 10.8. The number of hydrogen-bond acceptors (Lipinski definition) is 4. The molecule has 1 fully saturated rings. The molecule has 2 atom stereocenters. The van der Waals surface area contributed by atoms with Crippen LogP contribution in [-0.2, 0) is 10.4 Å². The lowest BCUT2D eigenvalue weighted by Crippen LogP contribution is -2.40. The Labute approximate surface area is 127 Å². The summed E-state index contributed by atoms with van der Waals surface area (Å²) in [7, 11) is 0. The van der Waals surface area contributed by atoms with Crippen LogP contribution in [0.5, 0.6) is 0 Å². The molecule has 0 aliphatic carbocycles. The molecule has 0 radical (unpaired) electrons. The summed E-state index contributed by atoms with van der Waals surface area (Å²) in [4.78, 5) is 11.6. The second kappa shape index (κ2) is 8.15. The molecule has 1 aliphatic rings. The van der Waals surface area contributed by atoms with E-state index in [1.165, 1.54) is 6.92 Å². The topological polar surface area (TPSA) is 63.6 Å². The summed E-state index contributed by atoms with van der Waals surface area (Å²) in [6, 6.07) is 10.3. The zero-order valence-electron chi connectivity index (χ0n) is 13.2. The Morgan fingerprint density at radius 2 is 1.95 bits per heavy atom. The highest BCUT2D eigenvalue weighted by Crippen LogP contribution is 2.37. The van der Waals surface area contributed by atoms with Crippen LogP contribution < -0.4 is 5.11 Å². The highest BCUT2D eigenvalue weighted by molar-refractivity contribution is 5.63. The predicted octanol–water partition coefficient (Wildman–Crippen LogP) is 1.52. The van der Waals surface area contributed by atoms with E-state index in [1.807, 2.05) is 30.3 Å². The molecule has 0 bridgehead atoms. The first-order valence-corrected chi connectivity index (χ1v) is 7.67. The van der Waals surface area contributed by atoms with E-state index >= 15 is 0 Å². The van der Waals surface area contributed by atoms with E-state index in [1.54, 1.807) is 0 Å². The van der Waals surface area contributed by atoms with E-state index in [9.17, 15) is 15.0 Å². The molecule has 4 heteroatoms. The number of carboxylic acids is 1. The van der Waals surface area contributed by atoms with Crippen molar-refractivity contribution in [2.75, 3.05) is 13.1 Å². The molecule has 2 rings (SSSR count). The van der Waals surface area contributed by atoms with Gasteiger partial charge in [0.15, 0.2) is 0 Å². The van der Waals surface area contributed by atoms with Gasteiger partial charge < -0.3 is 15.0 Å². The van der Waals surface area contributed by atoms with Crippen LogP contribution in [0.15, 0.2) is 30.3 Å². The summed E-state index contributed by atoms with van der Waals surface area (Å²) < 4.78 is 0. The standard InChI is InChI=1S/C14H21NO.C3H6O2/c1-3-10-15-11-9-14(16,12(15)2)13-7-5-4-6-8-13;1-2-3(4)5/h4-8,12,16H,3,9-11H2,1-2H3;2H2,1H3,(H,4,5)/p-1. The van der Waals surface area contributed by atoms with Crippen LogP contribution in [0.1, 0.15) is 45.6 Å². The number of rotatable bonds is 4. The highest BCUT2D eigenvalue weighted by Gasteiger charge is 2.43. The molecule has 1 aromatic carbocycles. The fraction of sp³-hybridized carbons (Fsp3) is 0.588. The smallest absolute Gasteiger partial charge is 0.106 e. The number of benzene rings is 1. The van der Waals surface area contributed by atoms with Crippen LogP contribution in [0.4, 0.5) is 0 Å². The van der Waals surface area contributed by atoms with Gasteiger partial charge in [-0.1, -0.05) is 44.2 Å². The summed E-state index contributed by atoms with van der Waals surface area (Å²) >= 11 is 0. The monoisotopic (exact) mass is 292 g/mol. The zero-order valence-corrected chi connectivity index (χ0v) is 13.2. The molecular weight excluding hydrogens is 266 g/mol. The number of aliphatic hydroxyl groups is 1. The van der Waals surface area contributed by atoms with Crippen molar-refractivity contribution in [2.24, 2.45) is 0 Å². The minimum Gasteiger partial charge on any atom is -0.550 e. The minimum absolute atomic E-state index is 0.111. The van der Waals surface area contributed by atoms with E-state index in [4.69, 9.17) is 0 Å². The molecule has 0 amide bonds. The maximum Gasteiger partial charge on any atom is 0.106 e. The fourth-order valence-electron chi connectivity index (χ4n) is 2.72. The molecule has 1 N–H and O–H groups in total. The third-order valence-electron chi connectivity index (χ3n) is 4.09. The molecule has 1 heterocycles. The number of nitrogens with zero attached hydrogens (tertiary/aromatic N) is 1. The Hall–Kier alpha value is -1.39. The Morgan fingerprint density at radius 1 is 1.38 bits per heavy atom. The van der Waals surface area contributed by atoms with Crippen molar-refractivity contribution in [2.45, 2.75) is 51.7 Å². The minimum atomic E-state index is -0.995. The SMILES string of the molecule is CCC(=O)[O-].CCCN1CCC(O)(c2ccccc2)C1C. The van der Waals surface area contributed by atoms with Crippen LogP contribution in [0.2, 0.25) is 0 Å². The molecule has 4 nitrogen and oxygen atoms in total. The lowest BCUT2D eigenvalue weighted by atomic mass is 9.87. The molecule has 1 aromatic rings. The van der Waals surface area contributed by atoms with Gasteiger partial charge in [0.25, 0.3) is 0 Å². The lowest BCUT2D eigenvalue weighted by molar-refractivity contribution is -0.305. The normalized spacial score (nSPS) is 25.2. The van der Waals surface area contributed by atoms with Crippen molar-refractivity contribution in [3.8, 4) is 0 Å². The average molecular weight is 292 g/mol. The van der Waals surface area contributed by atoms with E-state index in [0.717, 1.165) is 31.5 Å². The maximum absolute atomic E-state index is 10.8. The summed E-state index contributed by atoms with van der Waals surface area (Å²) in [6.07, 6.45) is 2.10. The molecule has 1 saturated heterocycles. The number of hydrogen-bond donors (Lipinski definition) is 1. The Morgan fingerprint density at radius 3 is 2.43 bits per heavy atom. The van der Waals surface area contributed by atoms with Gasteiger partial charge in [0.2, 0.25) is 0 Å². The molecule has 0 spiro atoms. The average Bonchev–Trinajstić information content (AvgIpc) is 2.79. The van der Waals surface area contributed by atoms with Crippen molar-refractivity contribution in [1.29, 1.82) is 0 Å². The van der Waals surface area contributed by atoms with Crippen molar-refractivity contribution >= 4 is 5.97 Å². The first-order chi connectivity index (χ1) is 9.95. The molecule has 2 unspecified atom stereocenters. The van der Waals surface area contributed by atoms with Crippen LogP contribution in [0, 0.1) is 0 Å². The van der Waals surface area contributed by atoms with Crippen molar-refractivity contribution in [3.05, 3.63) is 35.9 Å². The first-order valence-electron chi connectivity index (χ1n) is 7.67. The van der Waals surface area contributed by atoms with Crippen LogP contribution in [-0.4, -0.2) is 35.1 Å². The first kappa shape index (κ1) is 17.7. The van der Waals surface area contributed by atoms with Gasteiger partial charge in [-0.25, -0.2) is 0 Å². The van der Waals surface area contributed by atoms with Gasteiger partial charge in [0, 0.05) is 18.6 Å². The van der Waals surface area contributed by atoms with Crippen LogP contribution in [0.25, 0.3) is 0 Å². The summed E-state index contributed by atoms with van der Waals surface area (Å²) in [5, 5.41) is 20.0. The van der Waals surface area contributed by atoms with Crippen molar-refractivity contribution in [1.82, 2.24) is 4.90 Å². The van der Waals surface area contributed by atoms with E-state index in [0.29, 0.717) is 0 Å². The zero-order chi connectivity index (χ0) is 15.9. The largest absolute Gasteiger partial charge is 0.550 e. The third-order valence-corrected chi connectivity index (χ3v) is 4.09. The van der Waals surface area contributed by atoms with E-state index < -0.39 is 11.6 Å². The van der Waals surface area contributed by atoms with Crippen LogP contribution >= 0.6 is 0 Å². The third kappa shape index (κ3) is 4.55. The molecular formula is C17H26NO3-. The number of carbonyl (C=O) groups excluding carboxylic acids is 1. The summed E-state index contributed by atoms with van der Waals surface area (Å²) in [6.45, 7) is 7.94. The molecule has 0 aromatic heterocycles. The summed E-state index contributed by atoms with van der Waals surface area (Å²) in [5.41, 5.74) is 0.400. The van der Waals surface area contributed by atoms with Gasteiger partial charge >= 0.3 is 0 Å².